The summed E-state index contributed by atoms with van der Waals surface area (Å²) in [5, 5.41) is 3.32. The summed E-state index contributed by atoms with van der Waals surface area (Å²) in [5.74, 6) is -2.33. The average molecular weight is 482 g/mol. The lowest BCUT2D eigenvalue weighted by Crippen LogP contribution is -2.43. The van der Waals surface area contributed by atoms with Crippen molar-refractivity contribution in [1.82, 2.24) is 5.32 Å². The highest BCUT2D eigenvalue weighted by atomic mass is 16.5. The number of nitrogens with one attached hydrogen (secondary N) is 1. The normalized spacial score (nSPS) is 25.4. The van der Waals surface area contributed by atoms with Gasteiger partial charge in [0, 0.05) is 22.9 Å². The number of dihydropyridines is 1. The minimum Gasteiger partial charge on any atom is -0.497 e. The maximum atomic E-state index is 13.8. The fraction of sp³-hybridized carbons (Fsp3) is 0.536. The van der Waals surface area contributed by atoms with Gasteiger partial charge in [0.2, 0.25) is 0 Å². The highest BCUT2D eigenvalue weighted by molar-refractivity contribution is 6.12. The van der Waals surface area contributed by atoms with Crippen molar-refractivity contribution in [2.24, 2.45) is 11.8 Å². The summed E-state index contributed by atoms with van der Waals surface area (Å²) in [7, 11) is 2.89. The fourth-order valence-corrected chi connectivity index (χ4v) is 5.66. The van der Waals surface area contributed by atoms with Crippen LogP contribution in [-0.4, -0.2) is 38.0 Å². The Morgan fingerprint density at radius 1 is 1.00 bits per heavy atom. The number of methoxy groups -OCH3 is 2. The molecule has 4 rings (SSSR count). The fourth-order valence-electron chi connectivity index (χ4n) is 5.66. The summed E-state index contributed by atoms with van der Waals surface area (Å²) in [6.07, 6.45) is 6.50. The minimum absolute atomic E-state index is 0.123. The number of allylic oxidation sites excluding steroid dienone is 3. The van der Waals surface area contributed by atoms with Crippen LogP contribution >= 0.6 is 0 Å². The first-order chi connectivity index (χ1) is 16.8. The Kier molecular flexibility index (Phi) is 7.63. The summed E-state index contributed by atoms with van der Waals surface area (Å²) in [6, 6.07) is 7.36. The Balaban J connectivity index is 1.76. The highest BCUT2D eigenvalue weighted by Gasteiger charge is 2.47. The molecule has 0 aromatic heterocycles. The molecular formula is C28H35NO6. The maximum Gasteiger partial charge on any atom is 0.337 e. The lowest BCUT2D eigenvalue weighted by Gasteiger charge is -2.38. The molecule has 3 aliphatic rings. The van der Waals surface area contributed by atoms with Crippen LogP contribution in [0.2, 0.25) is 0 Å². The lowest BCUT2D eigenvalue weighted by molar-refractivity contribution is -0.151. The van der Waals surface area contributed by atoms with Crippen molar-refractivity contribution < 1.29 is 28.6 Å². The van der Waals surface area contributed by atoms with E-state index in [1.165, 1.54) is 7.11 Å². The Hall–Kier alpha value is -3.09. The van der Waals surface area contributed by atoms with E-state index in [9.17, 15) is 14.4 Å². The highest BCUT2D eigenvalue weighted by Crippen LogP contribution is 2.46. The lowest BCUT2D eigenvalue weighted by atomic mass is 9.69. The topological polar surface area (TPSA) is 90.9 Å². The van der Waals surface area contributed by atoms with E-state index in [-0.39, 0.29) is 17.8 Å². The van der Waals surface area contributed by atoms with E-state index in [0.29, 0.717) is 29.0 Å². The van der Waals surface area contributed by atoms with Gasteiger partial charge in [0.1, 0.15) is 17.8 Å². The van der Waals surface area contributed by atoms with Crippen LogP contribution in [0, 0.1) is 11.8 Å². The molecule has 1 aromatic carbocycles. The van der Waals surface area contributed by atoms with E-state index in [1.807, 2.05) is 38.1 Å². The third-order valence-electron chi connectivity index (χ3n) is 7.49. The van der Waals surface area contributed by atoms with E-state index in [1.54, 1.807) is 7.11 Å². The number of ketones is 1. The molecule has 188 valence electrons. The summed E-state index contributed by atoms with van der Waals surface area (Å²) in [6.45, 7) is 3.73. The van der Waals surface area contributed by atoms with Gasteiger partial charge in [-0.2, -0.15) is 0 Å². The quantitative estimate of drug-likeness (QED) is 0.374. The van der Waals surface area contributed by atoms with Crippen molar-refractivity contribution in [3.8, 4) is 5.75 Å². The van der Waals surface area contributed by atoms with Crippen LogP contribution in [0.1, 0.15) is 70.3 Å². The zero-order valence-corrected chi connectivity index (χ0v) is 21.0. The smallest absolute Gasteiger partial charge is 0.337 e. The molecule has 7 nitrogen and oxygen atoms in total. The van der Waals surface area contributed by atoms with Crippen molar-refractivity contribution >= 4 is 17.7 Å². The van der Waals surface area contributed by atoms with Crippen LogP contribution in [0.4, 0.5) is 0 Å². The van der Waals surface area contributed by atoms with Crippen LogP contribution in [0.3, 0.4) is 0 Å². The number of hydrogen-bond donors (Lipinski definition) is 1. The SMILES string of the molecule is COC(=O)[C@H]1C(=O)C2=C(C[C@H]1C)NC(C)=C(C(=O)OC1CCCCCC1)[C@H]2c1ccc(OC)cc1. The third-order valence-corrected chi connectivity index (χ3v) is 7.49. The predicted molar refractivity (Wildman–Crippen MR) is 130 cm³/mol. The molecular weight excluding hydrogens is 446 g/mol. The molecule has 0 saturated heterocycles. The molecule has 3 atom stereocenters. The number of carbonyl (C=O) groups is 3. The van der Waals surface area contributed by atoms with Gasteiger partial charge in [-0.3, -0.25) is 9.59 Å². The van der Waals surface area contributed by atoms with Gasteiger partial charge < -0.3 is 19.5 Å². The summed E-state index contributed by atoms with van der Waals surface area (Å²) >= 11 is 0. The molecule has 0 spiro atoms. The van der Waals surface area contributed by atoms with E-state index < -0.39 is 23.8 Å². The molecule has 1 heterocycles. The van der Waals surface area contributed by atoms with Gasteiger partial charge in [0.05, 0.1) is 19.8 Å². The zero-order chi connectivity index (χ0) is 25.1. The summed E-state index contributed by atoms with van der Waals surface area (Å²) < 4.78 is 16.3. The van der Waals surface area contributed by atoms with Gasteiger partial charge in [0.25, 0.3) is 0 Å². The molecule has 0 radical (unpaired) electrons. The van der Waals surface area contributed by atoms with Crippen LogP contribution in [0.15, 0.2) is 46.8 Å². The number of Topliss-reactive ketones (excluding diaryl/α,β-unsaturated/α-hetero) is 1. The standard InChI is InChI=1S/C28H35NO6/c1-16-15-21-25(26(30)22(16)27(31)34-4)24(18-11-13-19(33-3)14-12-18)23(17(2)29-21)28(32)35-20-9-7-5-6-8-10-20/h11-14,16,20,22,24,29H,5-10,15H2,1-4H3/t16-,22-,24-/m1/s1. The molecule has 0 amide bonds. The molecule has 1 aliphatic heterocycles. The number of carbonyl (C=O) groups excluding carboxylic acids is 3. The zero-order valence-electron chi connectivity index (χ0n) is 21.0. The minimum atomic E-state index is -0.904. The largest absolute Gasteiger partial charge is 0.497 e. The molecule has 7 heteroatoms. The van der Waals surface area contributed by atoms with Gasteiger partial charge in [-0.15, -0.1) is 0 Å². The van der Waals surface area contributed by atoms with Gasteiger partial charge in [-0.05, 0) is 62.6 Å². The number of hydrogen-bond acceptors (Lipinski definition) is 7. The first-order valence-electron chi connectivity index (χ1n) is 12.5. The van der Waals surface area contributed by atoms with E-state index >= 15 is 0 Å². The van der Waals surface area contributed by atoms with Crippen molar-refractivity contribution in [1.29, 1.82) is 0 Å². The van der Waals surface area contributed by atoms with Crippen molar-refractivity contribution in [2.45, 2.75) is 70.8 Å². The third kappa shape index (κ3) is 5.00. The van der Waals surface area contributed by atoms with E-state index in [4.69, 9.17) is 14.2 Å². The maximum absolute atomic E-state index is 13.8. The second-order valence-corrected chi connectivity index (χ2v) is 9.83. The average Bonchev–Trinajstić information content (AvgIpc) is 3.11. The van der Waals surface area contributed by atoms with Gasteiger partial charge in [-0.25, -0.2) is 4.79 Å². The van der Waals surface area contributed by atoms with E-state index in [0.717, 1.165) is 49.8 Å². The summed E-state index contributed by atoms with van der Waals surface area (Å²) in [5.41, 5.74) is 3.08. The molecule has 1 N–H and O–H groups in total. The molecule has 1 saturated carbocycles. The van der Waals surface area contributed by atoms with Gasteiger partial charge in [-0.1, -0.05) is 31.9 Å². The van der Waals surface area contributed by atoms with Gasteiger partial charge >= 0.3 is 11.9 Å². The van der Waals surface area contributed by atoms with Gasteiger partial charge in [0.15, 0.2) is 5.78 Å². The first-order valence-corrected chi connectivity index (χ1v) is 12.5. The van der Waals surface area contributed by atoms with E-state index in [2.05, 4.69) is 5.32 Å². The number of rotatable bonds is 5. The second kappa shape index (κ2) is 10.7. The van der Waals surface area contributed by atoms with Crippen molar-refractivity contribution in [3.05, 3.63) is 52.4 Å². The Morgan fingerprint density at radius 3 is 2.26 bits per heavy atom. The Bertz CT molecular complexity index is 1050. The molecule has 1 fully saturated rings. The van der Waals surface area contributed by atoms with Crippen LogP contribution in [0.5, 0.6) is 5.75 Å². The molecule has 0 unspecified atom stereocenters. The van der Waals surface area contributed by atoms with Crippen LogP contribution < -0.4 is 10.1 Å². The van der Waals surface area contributed by atoms with Crippen LogP contribution in [-0.2, 0) is 23.9 Å². The van der Waals surface area contributed by atoms with Crippen molar-refractivity contribution in [2.75, 3.05) is 14.2 Å². The first kappa shape index (κ1) is 25.0. The van der Waals surface area contributed by atoms with Crippen LogP contribution in [0.25, 0.3) is 0 Å². The molecule has 1 aromatic rings. The molecule has 35 heavy (non-hydrogen) atoms. The van der Waals surface area contributed by atoms with Crippen molar-refractivity contribution in [3.63, 3.8) is 0 Å². The Morgan fingerprint density at radius 2 is 1.66 bits per heavy atom. The monoisotopic (exact) mass is 481 g/mol. The number of ether oxygens (including phenoxy) is 3. The Labute approximate surface area is 206 Å². The second-order valence-electron chi connectivity index (χ2n) is 9.83. The number of benzene rings is 1. The molecule has 2 aliphatic carbocycles. The summed E-state index contributed by atoms with van der Waals surface area (Å²) in [4.78, 5) is 40.0. The molecule has 0 bridgehead atoms. The predicted octanol–water partition coefficient (Wildman–Crippen LogP) is 4.57. The number of esters is 2.